The van der Waals surface area contributed by atoms with E-state index in [-0.39, 0.29) is 6.04 Å². The predicted molar refractivity (Wildman–Crippen MR) is 57.8 cm³/mol. The predicted octanol–water partition coefficient (Wildman–Crippen LogP) is 1.54. The van der Waals surface area contributed by atoms with E-state index < -0.39 is 0 Å². The maximum Gasteiger partial charge on any atom is 0.231 e. The van der Waals surface area contributed by atoms with Crippen molar-refractivity contribution in [2.45, 2.75) is 13.0 Å². The summed E-state index contributed by atoms with van der Waals surface area (Å²) < 4.78 is 10.6. The molecule has 0 spiro atoms. The molecule has 1 aromatic carbocycles. The van der Waals surface area contributed by atoms with Gasteiger partial charge in [-0.05, 0) is 24.6 Å². The highest BCUT2D eigenvalue weighted by atomic mass is 16.7. The summed E-state index contributed by atoms with van der Waals surface area (Å²) in [5.74, 6) is 1.66. The number of rotatable bonds is 3. The zero-order valence-corrected chi connectivity index (χ0v) is 9.28. The van der Waals surface area contributed by atoms with Crippen molar-refractivity contribution < 1.29 is 9.47 Å². The number of fused-ring (bicyclic) bond motifs is 1. The fourth-order valence-electron chi connectivity index (χ4n) is 1.64. The zero-order valence-electron chi connectivity index (χ0n) is 9.28. The van der Waals surface area contributed by atoms with Gasteiger partial charge >= 0.3 is 0 Å². The van der Waals surface area contributed by atoms with Gasteiger partial charge in [-0.1, -0.05) is 6.07 Å². The number of hydrogen-bond donors (Lipinski definition) is 1. The van der Waals surface area contributed by atoms with Crippen molar-refractivity contribution in [2.24, 2.45) is 0 Å². The molecule has 4 nitrogen and oxygen atoms in total. The molecule has 1 atom stereocenters. The molecule has 82 valence electrons. The van der Waals surface area contributed by atoms with E-state index in [1.54, 1.807) is 0 Å². The molecule has 1 aromatic rings. The Morgan fingerprint density at radius 1 is 1.27 bits per heavy atom. The first-order valence-corrected chi connectivity index (χ1v) is 5.00. The van der Waals surface area contributed by atoms with Gasteiger partial charge in [-0.15, -0.1) is 0 Å². The van der Waals surface area contributed by atoms with Gasteiger partial charge in [-0.2, -0.15) is 0 Å². The number of ether oxygens (including phenoxy) is 2. The molecule has 0 saturated carbocycles. The van der Waals surface area contributed by atoms with Crippen molar-refractivity contribution in [3.05, 3.63) is 23.8 Å². The Bertz CT molecular complexity index is 352. The third-order valence-electron chi connectivity index (χ3n) is 2.35. The Morgan fingerprint density at radius 2 is 2.00 bits per heavy atom. The molecule has 0 bridgehead atoms. The Hall–Kier alpha value is -1.26. The third kappa shape index (κ3) is 2.22. The Balaban J connectivity index is 2.15. The molecule has 0 aliphatic carbocycles. The van der Waals surface area contributed by atoms with E-state index in [2.05, 4.69) is 18.4 Å². The van der Waals surface area contributed by atoms with Gasteiger partial charge < -0.3 is 9.47 Å². The SMILES string of the molecule is CC(NN(C)C)c1ccc2c(c1)OCO2. The van der Waals surface area contributed by atoms with Crippen LogP contribution in [0.4, 0.5) is 0 Å². The van der Waals surface area contributed by atoms with Crippen molar-refractivity contribution >= 4 is 0 Å². The van der Waals surface area contributed by atoms with Crippen LogP contribution in [0.3, 0.4) is 0 Å². The van der Waals surface area contributed by atoms with Gasteiger partial charge in [0.15, 0.2) is 11.5 Å². The van der Waals surface area contributed by atoms with Crippen LogP contribution in [0, 0.1) is 0 Å². The van der Waals surface area contributed by atoms with Crippen LogP contribution in [-0.4, -0.2) is 25.9 Å². The maximum absolute atomic E-state index is 5.33. The number of hydrazine groups is 1. The lowest BCUT2D eigenvalue weighted by molar-refractivity contribution is 0.174. The second-order valence-electron chi connectivity index (χ2n) is 3.86. The van der Waals surface area contributed by atoms with Crippen molar-refractivity contribution in [1.82, 2.24) is 10.4 Å². The minimum Gasteiger partial charge on any atom is -0.454 e. The highest BCUT2D eigenvalue weighted by Crippen LogP contribution is 2.34. The molecule has 0 saturated heterocycles. The van der Waals surface area contributed by atoms with Gasteiger partial charge in [-0.3, -0.25) is 5.01 Å². The van der Waals surface area contributed by atoms with Crippen LogP contribution in [0.1, 0.15) is 18.5 Å². The summed E-state index contributed by atoms with van der Waals surface area (Å²) in [6.07, 6.45) is 0. The molecule has 0 fully saturated rings. The molecule has 15 heavy (non-hydrogen) atoms. The molecule has 0 aromatic heterocycles. The first-order chi connectivity index (χ1) is 7.16. The average molecular weight is 208 g/mol. The normalized spacial score (nSPS) is 15.7. The van der Waals surface area contributed by atoms with E-state index in [1.807, 2.05) is 31.2 Å². The highest BCUT2D eigenvalue weighted by molar-refractivity contribution is 5.45. The highest BCUT2D eigenvalue weighted by Gasteiger charge is 2.15. The smallest absolute Gasteiger partial charge is 0.231 e. The van der Waals surface area contributed by atoms with Crippen molar-refractivity contribution in [3.8, 4) is 11.5 Å². The third-order valence-corrected chi connectivity index (χ3v) is 2.35. The van der Waals surface area contributed by atoms with E-state index in [0.29, 0.717) is 6.79 Å². The van der Waals surface area contributed by atoms with Gasteiger partial charge in [0.25, 0.3) is 0 Å². The van der Waals surface area contributed by atoms with Crippen molar-refractivity contribution in [2.75, 3.05) is 20.9 Å². The minimum absolute atomic E-state index is 0.259. The van der Waals surface area contributed by atoms with Crippen LogP contribution in [0.25, 0.3) is 0 Å². The van der Waals surface area contributed by atoms with Crippen LogP contribution < -0.4 is 14.9 Å². The van der Waals surface area contributed by atoms with E-state index in [0.717, 1.165) is 11.5 Å². The Labute approximate surface area is 89.8 Å². The Morgan fingerprint density at radius 3 is 2.73 bits per heavy atom. The van der Waals surface area contributed by atoms with E-state index in [1.165, 1.54) is 5.56 Å². The summed E-state index contributed by atoms with van der Waals surface area (Å²) in [6, 6.07) is 6.28. The molecule has 1 N–H and O–H groups in total. The summed E-state index contributed by atoms with van der Waals surface area (Å²) in [6.45, 7) is 2.44. The molecule has 0 radical (unpaired) electrons. The number of hydrogen-bond acceptors (Lipinski definition) is 4. The van der Waals surface area contributed by atoms with Gasteiger partial charge in [0.05, 0.1) is 0 Å². The molecule has 2 rings (SSSR count). The summed E-state index contributed by atoms with van der Waals surface area (Å²) in [5.41, 5.74) is 4.48. The summed E-state index contributed by atoms with van der Waals surface area (Å²) in [4.78, 5) is 0. The Kier molecular flexibility index (Phi) is 2.79. The quantitative estimate of drug-likeness (QED) is 0.764. The summed E-state index contributed by atoms with van der Waals surface area (Å²) in [5, 5.41) is 1.94. The van der Waals surface area contributed by atoms with Gasteiger partial charge in [-0.25, -0.2) is 5.43 Å². The maximum atomic E-state index is 5.33. The van der Waals surface area contributed by atoms with Gasteiger partial charge in [0.2, 0.25) is 6.79 Å². The van der Waals surface area contributed by atoms with Gasteiger partial charge in [0, 0.05) is 20.1 Å². The van der Waals surface area contributed by atoms with Crippen LogP contribution in [0.15, 0.2) is 18.2 Å². The number of benzene rings is 1. The lowest BCUT2D eigenvalue weighted by Gasteiger charge is -2.19. The second-order valence-corrected chi connectivity index (χ2v) is 3.86. The molecular formula is C11H16N2O2. The molecule has 1 unspecified atom stereocenters. The van der Waals surface area contributed by atoms with Crippen LogP contribution >= 0.6 is 0 Å². The van der Waals surface area contributed by atoms with Crippen LogP contribution in [0.5, 0.6) is 11.5 Å². The van der Waals surface area contributed by atoms with E-state index in [4.69, 9.17) is 9.47 Å². The first-order valence-electron chi connectivity index (χ1n) is 5.00. The fraction of sp³-hybridized carbons (Fsp3) is 0.455. The molecule has 1 aliphatic rings. The largest absolute Gasteiger partial charge is 0.454 e. The zero-order chi connectivity index (χ0) is 10.8. The van der Waals surface area contributed by atoms with E-state index in [9.17, 15) is 0 Å². The number of nitrogens with one attached hydrogen (secondary N) is 1. The molecule has 1 aliphatic heterocycles. The first kappa shape index (κ1) is 10.3. The second kappa shape index (κ2) is 4.08. The monoisotopic (exact) mass is 208 g/mol. The summed E-state index contributed by atoms with van der Waals surface area (Å²) >= 11 is 0. The lowest BCUT2D eigenvalue weighted by Crippen LogP contribution is -2.32. The molecule has 0 amide bonds. The molecular weight excluding hydrogens is 192 g/mol. The fourth-order valence-corrected chi connectivity index (χ4v) is 1.64. The van der Waals surface area contributed by atoms with Crippen LogP contribution in [0.2, 0.25) is 0 Å². The van der Waals surface area contributed by atoms with Crippen molar-refractivity contribution in [1.29, 1.82) is 0 Å². The lowest BCUT2D eigenvalue weighted by atomic mass is 10.1. The number of nitrogens with zero attached hydrogens (tertiary/aromatic N) is 1. The summed E-state index contributed by atoms with van der Waals surface area (Å²) in [7, 11) is 3.95. The molecule has 4 heteroatoms. The molecule has 1 heterocycles. The minimum atomic E-state index is 0.259. The van der Waals surface area contributed by atoms with Gasteiger partial charge in [0.1, 0.15) is 0 Å². The van der Waals surface area contributed by atoms with Crippen LogP contribution in [-0.2, 0) is 0 Å². The van der Waals surface area contributed by atoms with E-state index >= 15 is 0 Å². The topological polar surface area (TPSA) is 33.7 Å². The van der Waals surface area contributed by atoms with Crippen molar-refractivity contribution in [3.63, 3.8) is 0 Å². The standard InChI is InChI=1S/C11H16N2O2/c1-8(12-13(2)3)9-4-5-10-11(6-9)15-7-14-10/h4-6,8,12H,7H2,1-3H3. The average Bonchev–Trinajstić information content (AvgIpc) is 2.62.